The Hall–Kier alpha value is -1.39. The molecule has 1 aromatic rings. The quantitative estimate of drug-likeness (QED) is 0.0704. The van der Waals surface area contributed by atoms with Gasteiger partial charge in [0.1, 0.15) is 18.9 Å². The molecular weight excluding hydrogens is 528 g/mol. The van der Waals surface area contributed by atoms with Gasteiger partial charge in [-0.05, 0) is 49.9 Å². The third kappa shape index (κ3) is 19.6. The molecule has 1 rings (SSSR count). The van der Waals surface area contributed by atoms with Crippen LogP contribution in [-0.2, 0) is 0 Å². The molecule has 4 heteroatoms. The lowest BCUT2D eigenvalue weighted by Crippen LogP contribution is -2.53. The van der Waals surface area contributed by atoms with Crippen molar-refractivity contribution in [2.45, 2.75) is 161 Å². The molecule has 0 atom stereocenters. The minimum absolute atomic E-state index is 0.238. The van der Waals surface area contributed by atoms with E-state index in [0.717, 1.165) is 35.2 Å². The number of carbonyl (C=O) groups excluding carboxylic acids is 1. The van der Waals surface area contributed by atoms with Gasteiger partial charge in [0.05, 0.1) is 46.8 Å². The molecule has 43 heavy (non-hydrogen) atoms. The fourth-order valence-electron chi connectivity index (χ4n) is 6.15. The second-order valence-electron chi connectivity index (χ2n) is 14.8. The summed E-state index contributed by atoms with van der Waals surface area (Å²) in [7, 11) is 10.8. The van der Waals surface area contributed by atoms with Gasteiger partial charge in [0, 0.05) is 0 Å². The Bertz CT molecular complexity index is 772. The molecule has 0 aromatic heterocycles. The van der Waals surface area contributed by atoms with E-state index < -0.39 is 0 Å². The number of ether oxygens (including phenoxy) is 1. The fraction of sp³-hybridized carbons (Fsp3) is 0.821. The van der Waals surface area contributed by atoms with E-state index in [9.17, 15) is 4.79 Å². The van der Waals surface area contributed by atoms with Crippen LogP contribution in [0.3, 0.4) is 0 Å². The van der Waals surface area contributed by atoms with Gasteiger partial charge in [-0.1, -0.05) is 129 Å². The molecule has 1 amide bonds. The maximum atomic E-state index is 13.9. The van der Waals surface area contributed by atoms with Crippen LogP contribution in [0, 0.1) is 0 Å². The van der Waals surface area contributed by atoms with Crippen molar-refractivity contribution >= 4 is 5.91 Å². The van der Waals surface area contributed by atoms with E-state index in [4.69, 9.17) is 4.74 Å². The number of quaternary nitrogens is 2. The van der Waals surface area contributed by atoms with E-state index in [2.05, 4.69) is 49.1 Å². The third-order valence-electron chi connectivity index (χ3n) is 9.35. The standard InChI is InChI=1S/C39H74N2O2/c1-8-10-12-14-16-18-20-22-24-26-28-37(29-27-25-23-21-19-17-15-13-11-9-2)41(6,7)39(42)36-30-32-38(33-31-36)43-35-34-40(3,4)5/h30-33,37H,8-29,34-35H2,1-7H3/q+2. The van der Waals surface area contributed by atoms with E-state index in [1.54, 1.807) is 0 Å². The molecule has 0 aliphatic heterocycles. The number of nitrogens with zero attached hydrogens (tertiary/aromatic N) is 2. The highest BCUT2D eigenvalue weighted by Crippen LogP contribution is 2.26. The third-order valence-corrected chi connectivity index (χ3v) is 9.35. The van der Waals surface area contributed by atoms with Gasteiger partial charge < -0.3 is 9.22 Å². The molecule has 0 aliphatic rings. The predicted molar refractivity (Wildman–Crippen MR) is 188 cm³/mol. The van der Waals surface area contributed by atoms with Gasteiger partial charge in [-0.15, -0.1) is 0 Å². The maximum Gasteiger partial charge on any atom is 0.345 e. The summed E-state index contributed by atoms with van der Waals surface area (Å²) in [6.45, 7) is 6.21. The molecule has 0 N–H and O–H groups in total. The zero-order chi connectivity index (χ0) is 31.8. The van der Waals surface area contributed by atoms with E-state index in [1.807, 2.05) is 24.3 Å². The van der Waals surface area contributed by atoms with Crippen molar-refractivity contribution in [2.75, 3.05) is 48.4 Å². The molecule has 0 aliphatic carbocycles. The summed E-state index contributed by atoms with van der Waals surface area (Å²) < 4.78 is 7.28. The average Bonchev–Trinajstić information content (AvgIpc) is 2.97. The summed E-state index contributed by atoms with van der Waals surface area (Å²) in [6.07, 6.45) is 29.5. The number of likely N-dealkylation sites (N-methyl/N-ethyl adjacent to an activating group) is 1. The van der Waals surface area contributed by atoms with E-state index in [1.165, 1.54) is 128 Å². The summed E-state index contributed by atoms with van der Waals surface area (Å²) in [5.74, 6) is 1.09. The fourth-order valence-corrected chi connectivity index (χ4v) is 6.15. The number of amides is 1. The van der Waals surface area contributed by atoms with Crippen LogP contribution in [0.1, 0.15) is 165 Å². The van der Waals surface area contributed by atoms with Crippen molar-refractivity contribution in [3.8, 4) is 5.75 Å². The largest absolute Gasteiger partial charge is 0.488 e. The zero-order valence-electron chi connectivity index (χ0n) is 30.1. The maximum absolute atomic E-state index is 13.9. The molecule has 0 bridgehead atoms. The molecule has 0 radical (unpaired) electrons. The van der Waals surface area contributed by atoms with Crippen LogP contribution in [0.25, 0.3) is 0 Å². The normalized spacial score (nSPS) is 12.3. The topological polar surface area (TPSA) is 26.3 Å². The van der Waals surface area contributed by atoms with Crippen molar-refractivity contribution in [1.82, 2.24) is 0 Å². The summed E-state index contributed by atoms with van der Waals surface area (Å²) in [5, 5.41) is 0. The van der Waals surface area contributed by atoms with Crippen LogP contribution in [0.5, 0.6) is 5.75 Å². The van der Waals surface area contributed by atoms with Crippen LogP contribution >= 0.6 is 0 Å². The first-order valence-electron chi connectivity index (χ1n) is 18.5. The first kappa shape index (κ1) is 39.6. The molecule has 250 valence electrons. The highest BCUT2D eigenvalue weighted by Gasteiger charge is 2.36. The minimum Gasteiger partial charge on any atom is -0.488 e. The molecule has 0 saturated heterocycles. The van der Waals surface area contributed by atoms with Gasteiger partial charge in [-0.25, -0.2) is 4.79 Å². The minimum atomic E-state index is 0.238. The highest BCUT2D eigenvalue weighted by atomic mass is 16.5. The number of unbranched alkanes of at least 4 members (excludes halogenated alkanes) is 18. The summed E-state index contributed by atoms with van der Waals surface area (Å²) in [6, 6.07) is 8.28. The van der Waals surface area contributed by atoms with Crippen LogP contribution in [0.2, 0.25) is 0 Å². The van der Waals surface area contributed by atoms with Gasteiger partial charge in [0.25, 0.3) is 0 Å². The van der Waals surface area contributed by atoms with Crippen molar-refractivity contribution in [2.24, 2.45) is 0 Å². The average molecular weight is 603 g/mol. The van der Waals surface area contributed by atoms with Crippen molar-refractivity contribution in [3.63, 3.8) is 0 Å². The second-order valence-corrected chi connectivity index (χ2v) is 14.8. The molecule has 0 unspecified atom stereocenters. The first-order chi connectivity index (χ1) is 20.6. The number of hydrogen-bond acceptors (Lipinski definition) is 2. The summed E-state index contributed by atoms with van der Waals surface area (Å²) in [4.78, 5) is 13.9. The van der Waals surface area contributed by atoms with Crippen LogP contribution < -0.4 is 4.74 Å². The second kappa shape index (κ2) is 23.9. The van der Waals surface area contributed by atoms with Gasteiger partial charge in [-0.3, -0.25) is 4.48 Å². The lowest BCUT2D eigenvalue weighted by Gasteiger charge is -2.36. The highest BCUT2D eigenvalue weighted by molar-refractivity contribution is 5.89. The zero-order valence-corrected chi connectivity index (χ0v) is 30.1. The van der Waals surface area contributed by atoms with Gasteiger partial charge >= 0.3 is 5.91 Å². The molecule has 4 nitrogen and oxygen atoms in total. The SMILES string of the molecule is CCCCCCCCCCCCC(CCCCCCCCCCCC)[N+](C)(C)C(=O)c1ccc(OCC[N+](C)(C)C)cc1. The van der Waals surface area contributed by atoms with Crippen molar-refractivity contribution in [3.05, 3.63) is 29.8 Å². The Balaban J connectivity index is 2.61. The van der Waals surface area contributed by atoms with Gasteiger partial charge in [0.2, 0.25) is 0 Å². The van der Waals surface area contributed by atoms with Crippen molar-refractivity contribution < 1.29 is 18.5 Å². The first-order valence-corrected chi connectivity index (χ1v) is 18.5. The van der Waals surface area contributed by atoms with Gasteiger partial charge in [-0.2, -0.15) is 0 Å². The number of benzene rings is 1. The number of carbonyl (C=O) groups is 1. The summed E-state index contributed by atoms with van der Waals surface area (Å²) in [5.41, 5.74) is 0.806. The smallest absolute Gasteiger partial charge is 0.345 e. The Labute approximate surface area is 269 Å². The Morgan fingerprint density at radius 3 is 1.33 bits per heavy atom. The van der Waals surface area contributed by atoms with E-state index in [0.29, 0.717) is 17.1 Å². The predicted octanol–water partition coefficient (Wildman–Crippen LogP) is 11.0. The Morgan fingerprint density at radius 1 is 0.581 bits per heavy atom. The van der Waals surface area contributed by atoms with Crippen LogP contribution in [0.4, 0.5) is 0 Å². The molecule has 0 spiro atoms. The molecule has 0 saturated carbocycles. The molecule has 0 heterocycles. The lowest BCUT2D eigenvalue weighted by molar-refractivity contribution is -0.870. The Kier molecular flexibility index (Phi) is 22.0. The number of rotatable bonds is 28. The number of hydrogen-bond donors (Lipinski definition) is 0. The molecule has 0 fully saturated rings. The van der Waals surface area contributed by atoms with E-state index >= 15 is 0 Å². The van der Waals surface area contributed by atoms with E-state index in [-0.39, 0.29) is 5.91 Å². The van der Waals surface area contributed by atoms with Gasteiger partial charge in [0.15, 0.2) is 0 Å². The molecule has 1 aromatic carbocycles. The Morgan fingerprint density at radius 2 is 0.953 bits per heavy atom. The van der Waals surface area contributed by atoms with Crippen LogP contribution in [0.15, 0.2) is 24.3 Å². The van der Waals surface area contributed by atoms with Crippen molar-refractivity contribution in [1.29, 1.82) is 0 Å². The lowest BCUT2D eigenvalue weighted by atomic mass is 9.96. The van der Waals surface area contributed by atoms with Crippen LogP contribution in [-0.4, -0.2) is 69.3 Å². The summed E-state index contributed by atoms with van der Waals surface area (Å²) >= 11 is 0. The monoisotopic (exact) mass is 603 g/mol. The molecular formula is C39H74N2O2+2.